The Balaban J connectivity index is 1.96. The molecule has 2 rings (SSSR count). The third kappa shape index (κ3) is 4.39. The monoisotopic (exact) mass is 265 g/mol. The van der Waals surface area contributed by atoms with E-state index in [0.717, 1.165) is 25.2 Å². The predicted octanol–water partition coefficient (Wildman–Crippen LogP) is 2.83. The molecule has 2 heterocycles. The van der Waals surface area contributed by atoms with Crippen LogP contribution in [-0.2, 0) is 16.1 Å². The van der Waals surface area contributed by atoms with Crippen molar-refractivity contribution in [2.24, 2.45) is 5.92 Å². The van der Waals surface area contributed by atoms with Crippen LogP contribution >= 0.6 is 0 Å². The molecule has 0 saturated carbocycles. The van der Waals surface area contributed by atoms with Crippen molar-refractivity contribution in [1.29, 1.82) is 0 Å². The number of ether oxygens (including phenoxy) is 1. The molecule has 1 aromatic rings. The van der Waals surface area contributed by atoms with Crippen molar-refractivity contribution in [2.45, 2.75) is 45.8 Å². The van der Waals surface area contributed by atoms with Gasteiger partial charge in [-0.3, -0.25) is 4.79 Å². The van der Waals surface area contributed by atoms with E-state index in [2.05, 4.69) is 13.8 Å². The zero-order valence-electron chi connectivity index (χ0n) is 11.8. The minimum Gasteiger partial charge on any atom is -0.467 e. The van der Waals surface area contributed by atoms with Crippen molar-refractivity contribution in [1.82, 2.24) is 4.90 Å². The molecule has 1 aliphatic heterocycles. The maximum atomic E-state index is 12.3. The standard InChI is InChI=1S/C15H23NO3/c1-12(2)9-15(17)16(10-13-5-3-7-18-13)11-14-6-4-8-19-14/h3,5,7,12,14H,4,6,8-11H2,1-2H3. The fourth-order valence-electron chi connectivity index (χ4n) is 2.36. The molecule has 106 valence electrons. The first-order valence-corrected chi connectivity index (χ1v) is 7.07. The van der Waals surface area contributed by atoms with Crippen LogP contribution in [0.2, 0.25) is 0 Å². The molecule has 1 amide bonds. The minimum absolute atomic E-state index is 0.182. The minimum atomic E-state index is 0.182. The van der Waals surface area contributed by atoms with E-state index in [1.54, 1.807) is 6.26 Å². The summed E-state index contributed by atoms with van der Waals surface area (Å²) in [6, 6.07) is 3.76. The second-order valence-electron chi connectivity index (χ2n) is 5.59. The van der Waals surface area contributed by atoms with E-state index in [1.807, 2.05) is 17.0 Å². The van der Waals surface area contributed by atoms with E-state index in [9.17, 15) is 4.79 Å². The summed E-state index contributed by atoms with van der Waals surface area (Å²) >= 11 is 0. The number of nitrogens with zero attached hydrogens (tertiary/aromatic N) is 1. The van der Waals surface area contributed by atoms with Gasteiger partial charge in [-0.15, -0.1) is 0 Å². The third-order valence-corrected chi connectivity index (χ3v) is 3.31. The van der Waals surface area contributed by atoms with E-state index in [-0.39, 0.29) is 12.0 Å². The van der Waals surface area contributed by atoms with E-state index in [0.29, 0.717) is 25.4 Å². The van der Waals surface area contributed by atoms with Gasteiger partial charge in [0.2, 0.25) is 5.91 Å². The predicted molar refractivity (Wildman–Crippen MR) is 72.6 cm³/mol. The maximum absolute atomic E-state index is 12.3. The molecule has 4 heteroatoms. The van der Waals surface area contributed by atoms with Crippen LogP contribution in [0.3, 0.4) is 0 Å². The quantitative estimate of drug-likeness (QED) is 0.794. The highest BCUT2D eigenvalue weighted by molar-refractivity contribution is 5.76. The van der Waals surface area contributed by atoms with Crippen LogP contribution in [0.15, 0.2) is 22.8 Å². The van der Waals surface area contributed by atoms with Crippen molar-refractivity contribution in [3.63, 3.8) is 0 Å². The molecular weight excluding hydrogens is 242 g/mol. The van der Waals surface area contributed by atoms with Crippen molar-refractivity contribution in [2.75, 3.05) is 13.2 Å². The Kier molecular flexibility index (Phi) is 5.02. The summed E-state index contributed by atoms with van der Waals surface area (Å²) in [5.74, 6) is 1.38. The highest BCUT2D eigenvalue weighted by Crippen LogP contribution is 2.17. The van der Waals surface area contributed by atoms with Crippen molar-refractivity contribution in [3.8, 4) is 0 Å². The first-order valence-electron chi connectivity index (χ1n) is 7.07. The fraction of sp³-hybridized carbons (Fsp3) is 0.667. The molecule has 1 unspecified atom stereocenters. The summed E-state index contributed by atoms with van der Waals surface area (Å²) in [5, 5.41) is 0. The smallest absolute Gasteiger partial charge is 0.223 e. The second kappa shape index (κ2) is 6.75. The van der Waals surface area contributed by atoms with E-state index in [4.69, 9.17) is 9.15 Å². The summed E-state index contributed by atoms with van der Waals surface area (Å²) in [7, 11) is 0. The van der Waals surface area contributed by atoms with Crippen LogP contribution in [-0.4, -0.2) is 30.1 Å². The Bertz CT molecular complexity index is 380. The van der Waals surface area contributed by atoms with E-state index < -0.39 is 0 Å². The number of carbonyl (C=O) groups is 1. The molecule has 1 aliphatic rings. The summed E-state index contributed by atoms with van der Waals surface area (Å²) < 4.78 is 11.0. The Morgan fingerprint density at radius 3 is 2.95 bits per heavy atom. The summed E-state index contributed by atoms with van der Waals surface area (Å²) in [5.41, 5.74) is 0. The SMILES string of the molecule is CC(C)CC(=O)N(Cc1ccco1)CC1CCCO1. The number of furan rings is 1. The molecule has 1 fully saturated rings. The number of hydrogen-bond donors (Lipinski definition) is 0. The normalized spacial score (nSPS) is 19.0. The molecule has 1 aromatic heterocycles. The Morgan fingerprint density at radius 1 is 1.53 bits per heavy atom. The van der Waals surface area contributed by atoms with Crippen molar-refractivity contribution in [3.05, 3.63) is 24.2 Å². The lowest BCUT2D eigenvalue weighted by atomic mass is 10.1. The van der Waals surface area contributed by atoms with Gasteiger partial charge in [0, 0.05) is 19.6 Å². The van der Waals surface area contributed by atoms with Gasteiger partial charge in [0.1, 0.15) is 5.76 Å². The van der Waals surface area contributed by atoms with Crippen LogP contribution in [0.4, 0.5) is 0 Å². The molecule has 0 bridgehead atoms. The van der Waals surface area contributed by atoms with Gasteiger partial charge in [-0.2, -0.15) is 0 Å². The van der Waals surface area contributed by atoms with Gasteiger partial charge in [0.25, 0.3) is 0 Å². The number of carbonyl (C=O) groups excluding carboxylic acids is 1. The van der Waals surface area contributed by atoms with Crippen LogP contribution in [0, 0.1) is 5.92 Å². The number of hydrogen-bond acceptors (Lipinski definition) is 3. The zero-order valence-corrected chi connectivity index (χ0v) is 11.8. The Labute approximate surface area is 114 Å². The van der Waals surface area contributed by atoms with Crippen LogP contribution < -0.4 is 0 Å². The maximum Gasteiger partial charge on any atom is 0.223 e. The lowest BCUT2D eigenvalue weighted by Crippen LogP contribution is -2.37. The fourth-order valence-corrected chi connectivity index (χ4v) is 2.36. The molecular formula is C15H23NO3. The lowest BCUT2D eigenvalue weighted by Gasteiger charge is -2.25. The van der Waals surface area contributed by atoms with E-state index >= 15 is 0 Å². The number of rotatable bonds is 6. The summed E-state index contributed by atoms with van der Waals surface area (Å²) in [4.78, 5) is 14.2. The first kappa shape index (κ1) is 14.1. The average molecular weight is 265 g/mol. The second-order valence-corrected chi connectivity index (χ2v) is 5.59. The highest BCUT2D eigenvalue weighted by Gasteiger charge is 2.23. The largest absolute Gasteiger partial charge is 0.467 e. The molecule has 4 nitrogen and oxygen atoms in total. The van der Waals surface area contributed by atoms with Gasteiger partial charge < -0.3 is 14.1 Å². The van der Waals surface area contributed by atoms with Gasteiger partial charge in [0.05, 0.1) is 18.9 Å². The first-order chi connectivity index (χ1) is 9.15. The van der Waals surface area contributed by atoms with Gasteiger partial charge >= 0.3 is 0 Å². The zero-order chi connectivity index (χ0) is 13.7. The third-order valence-electron chi connectivity index (χ3n) is 3.31. The molecule has 0 radical (unpaired) electrons. The lowest BCUT2D eigenvalue weighted by molar-refractivity contribution is -0.134. The Hall–Kier alpha value is -1.29. The van der Waals surface area contributed by atoms with Crippen molar-refractivity contribution >= 4 is 5.91 Å². The summed E-state index contributed by atoms with van der Waals surface area (Å²) in [6.45, 7) is 6.16. The van der Waals surface area contributed by atoms with Gasteiger partial charge in [0.15, 0.2) is 0 Å². The van der Waals surface area contributed by atoms with Gasteiger partial charge in [-0.05, 0) is 30.9 Å². The van der Waals surface area contributed by atoms with E-state index in [1.165, 1.54) is 0 Å². The number of amides is 1. The molecule has 0 N–H and O–H groups in total. The molecule has 0 aliphatic carbocycles. The van der Waals surface area contributed by atoms with Gasteiger partial charge in [-0.25, -0.2) is 0 Å². The molecule has 19 heavy (non-hydrogen) atoms. The molecule has 1 atom stereocenters. The molecule has 1 saturated heterocycles. The topological polar surface area (TPSA) is 42.7 Å². The van der Waals surface area contributed by atoms with Crippen LogP contribution in [0.1, 0.15) is 38.9 Å². The van der Waals surface area contributed by atoms with Crippen molar-refractivity contribution < 1.29 is 13.9 Å². The van der Waals surface area contributed by atoms with Gasteiger partial charge in [-0.1, -0.05) is 13.8 Å². The van der Waals surface area contributed by atoms with Crippen LogP contribution in [0.25, 0.3) is 0 Å². The highest BCUT2D eigenvalue weighted by atomic mass is 16.5. The van der Waals surface area contributed by atoms with Crippen LogP contribution in [0.5, 0.6) is 0 Å². The summed E-state index contributed by atoms with van der Waals surface area (Å²) in [6.07, 6.45) is 4.55. The Morgan fingerprint density at radius 2 is 2.37 bits per heavy atom. The molecule has 0 spiro atoms. The molecule has 0 aromatic carbocycles. The average Bonchev–Trinajstić information content (AvgIpc) is 2.99.